The minimum Gasteiger partial charge on any atom is -0.489 e. The third-order valence-electron chi connectivity index (χ3n) is 4.95. The van der Waals surface area contributed by atoms with Crippen LogP contribution in [0.25, 0.3) is 0 Å². The summed E-state index contributed by atoms with van der Waals surface area (Å²) in [6.07, 6.45) is 1.56. The van der Waals surface area contributed by atoms with Crippen LogP contribution in [0.15, 0.2) is 114 Å². The summed E-state index contributed by atoms with van der Waals surface area (Å²) in [5.74, 6) is 1.66. The molecule has 0 aliphatic carbocycles. The van der Waals surface area contributed by atoms with E-state index in [-0.39, 0.29) is 12.5 Å². The van der Waals surface area contributed by atoms with Crippen LogP contribution < -0.4 is 19.6 Å². The highest BCUT2D eigenvalue weighted by Crippen LogP contribution is 2.19. The molecule has 0 saturated carbocycles. The van der Waals surface area contributed by atoms with E-state index in [1.165, 1.54) is 0 Å². The number of nitrogens with one attached hydrogen (secondary N) is 1. The summed E-state index contributed by atoms with van der Waals surface area (Å²) >= 11 is 0. The van der Waals surface area contributed by atoms with Gasteiger partial charge in [0.15, 0.2) is 6.61 Å². The molecule has 4 rings (SSSR count). The van der Waals surface area contributed by atoms with Crippen LogP contribution >= 0.6 is 0 Å². The molecule has 4 aromatic carbocycles. The van der Waals surface area contributed by atoms with Crippen molar-refractivity contribution >= 4 is 12.1 Å². The van der Waals surface area contributed by atoms with Gasteiger partial charge in [-0.05, 0) is 53.1 Å². The van der Waals surface area contributed by atoms with Gasteiger partial charge in [0.25, 0.3) is 5.91 Å². The topological polar surface area (TPSA) is 69.2 Å². The molecular formula is C29H26N2O4. The van der Waals surface area contributed by atoms with Gasteiger partial charge in [0.2, 0.25) is 0 Å². The molecule has 0 saturated heterocycles. The smallest absolute Gasteiger partial charge is 0.277 e. The number of hydrogen-bond acceptors (Lipinski definition) is 5. The molecule has 0 atom stereocenters. The molecule has 0 radical (unpaired) electrons. The van der Waals surface area contributed by atoms with Gasteiger partial charge in [-0.2, -0.15) is 5.10 Å². The second kappa shape index (κ2) is 12.6. The average Bonchev–Trinajstić information content (AvgIpc) is 2.91. The number of carbonyl (C=O) groups is 1. The number of nitrogens with zero attached hydrogens (tertiary/aromatic N) is 1. The van der Waals surface area contributed by atoms with Crippen LogP contribution in [0.4, 0.5) is 0 Å². The van der Waals surface area contributed by atoms with Crippen molar-refractivity contribution in [2.45, 2.75) is 13.2 Å². The van der Waals surface area contributed by atoms with Crippen molar-refractivity contribution in [2.24, 2.45) is 5.10 Å². The number of carbonyl (C=O) groups excluding carboxylic acids is 1. The maximum atomic E-state index is 12.1. The van der Waals surface area contributed by atoms with Gasteiger partial charge >= 0.3 is 0 Å². The molecule has 35 heavy (non-hydrogen) atoms. The molecule has 0 aromatic heterocycles. The van der Waals surface area contributed by atoms with Crippen molar-refractivity contribution in [3.8, 4) is 17.2 Å². The largest absolute Gasteiger partial charge is 0.489 e. The molecule has 1 N–H and O–H groups in total. The first kappa shape index (κ1) is 23.6. The predicted octanol–water partition coefficient (Wildman–Crippen LogP) is 5.37. The minimum absolute atomic E-state index is 0.151. The first-order valence-electron chi connectivity index (χ1n) is 11.2. The lowest BCUT2D eigenvalue weighted by atomic mass is 10.2. The van der Waals surface area contributed by atoms with Crippen LogP contribution in [0.1, 0.15) is 16.7 Å². The second-order valence-electron chi connectivity index (χ2n) is 7.67. The van der Waals surface area contributed by atoms with Crippen LogP contribution in [0.3, 0.4) is 0 Å². The minimum atomic E-state index is -0.359. The van der Waals surface area contributed by atoms with Gasteiger partial charge < -0.3 is 14.2 Å². The lowest BCUT2D eigenvalue weighted by Gasteiger charge is -2.08. The fourth-order valence-electron chi connectivity index (χ4n) is 3.16. The van der Waals surface area contributed by atoms with Gasteiger partial charge in [0.05, 0.1) is 6.21 Å². The highest BCUT2D eigenvalue weighted by molar-refractivity contribution is 5.83. The molecule has 6 heteroatoms. The van der Waals surface area contributed by atoms with Gasteiger partial charge in [-0.15, -0.1) is 0 Å². The average molecular weight is 467 g/mol. The summed E-state index contributed by atoms with van der Waals surface area (Å²) in [5.41, 5.74) is 5.46. The molecule has 0 unspecified atom stereocenters. The van der Waals surface area contributed by atoms with Crippen LogP contribution in [0, 0.1) is 0 Å². The summed E-state index contributed by atoms with van der Waals surface area (Å²) in [4.78, 5) is 12.1. The van der Waals surface area contributed by atoms with Crippen LogP contribution in [-0.4, -0.2) is 18.7 Å². The third kappa shape index (κ3) is 8.05. The van der Waals surface area contributed by atoms with Crippen molar-refractivity contribution in [2.75, 3.05) is 6.61 Å². The van der Waals surface area contributed by atoms with Gasteiger partial charge in [-0.3, -0.25) is 4.79 Å². The van der Waals surface area contributed by atoms with E-state index in [1.807, 2.05) is 84.9 Å². The van der Waals surface area contributed by atoms with Crippen LogP contribution in [-0.2, 0) is 18.0 Å². The van der Waals surface area contributed by atoms with Crippen molar-refractivity contribution in [1.29, 1.82) is 0 Å². The van der Waals surface area contributed by atoms with Crippen LogP contribution in [0.5, 0.6) is 17.2 Å². The molecule has 6 nitrogen and oxygen atoms in total. The Kier molecular flexibility index (Phi) is 8.49. The zero-order chi connectivity index (χ0) is 24.1. The van der Waals surface area contributed by atoms with Crippen molar-refractivity contribution in [1.82, 2.24) is 5.43 Å². The molecule has 0 aliphatic rings. The molecule has 0 bridgehead atoms. The number of hydrogen-bond donors (Lipinski definition) is 1. The first-order valence-corrected chi connectivity index (χ1v) is 11.2. The maximum absolute atomic E-state index is 12.1. The SMILES string of the molecule is O=C(COc1ccc(OCc2ccccc2)cc1)N/N=C\c1cccc(OCc2ccccc2)c1. The Balaban J connectivity index is 1.18. The summed E-state index contributed by atoms with van der Waals surface area (Å²) in [7, 11) is 0. The maximum Gasteiger partial charge on any atom is 0.277 e. The van der Waals surface area contributed by atoms with E-state index >= 15 is 0 Å². The molecule has 1 amide bonds. The normalized spacial score (nSPS) is 10.6. The number of hydrazone groups is 1. The quantitative estimate of drug-likeness (QED) is 0.238. The van der Waals surface area contributed by atoms with E-state index in [4.69, 9.17) is 14.2 Å². The Morgan fingerprint density at radius 2 is 1.23 bits per heavy atom. The summed E-state index contributed by atoms with van der Waals surface area (Å²) in [6, 6.07) is 34.5. The Morgan fingerprint density at radius 1 is 0.657 bits per heavy atom. The Bertz CT molecular complexity index is 1230. The van der Waals surface area contributed by atoms with Crippen molar-refractivity contribution in [3.05, 3.63) is 126 Å². The monoisotopic (exact) mass is 466 g/mol. The van der Waals surface area contributed by atoms with E-state index in [0.717, 1.165) is 28.2 Å². The lowest BCUT2D eigenvalue weighted by Crippen LogP contribution is -2.24. The van der Waals surface area contributed by atoms with E-state index < -0.39 is 0 Å². The van der Waals surface area contributed by atoms with E-state index in [0.29, 0.717) is 19.0 Å². The number of ether oxygens (including phenoxy) is 3. The number of benzene rings is 4. The molecule has 0 spiro atoms. The molecule has 176 valence electrons. The summed E-state index contributed by atoms with van der Waals surface area (Å²) < 4.78 is 17.1. The molecule has 0 heterocycles. The lowest BCUT2D eigenvalue weighted by molar-refractivity contribution is -0.123. The number of amides is 1. The first-order chi connectivity index (χ1) is 17.2. The predicted molar refractivity (Wildman–Crippen MR) is 136 cm³/mol. The van der Waals surface area contributed by atoms with Gasteiger partial charge in [0.1, 0.15) is 30.5 Å². The zero-order valence-corrected chi connectivity index (χ0v) is 19.2. The Morgan fingerprint density at radius 3 is 1.86 bits per heavy atom. The highest BCUT2D eigenvalue weighted by Gasteiger charge is 2.03. The Labute approximate surface area is 204 Å². The van der Waals surface area contributed by atoms with Crippen molar-refractivity contribution < 1.29 is 19.0 Å². The molecule has 0 fully saturated rings. The molecule has 4 aromatic rings. The molecular weight excluding hydrogens is 440 g/mol. The van der Waals surface area contributed by atoms with Gasteiger partial charge in [0, 0.05) is 0 Å². The van der Waals surface area contributed by atoms with Gasteiger partial charge in [-0.25, -0.2) is 5.43 Å². The second-order valence-corrected chi connectivity index (χ2v) is 7.67. The zero-order valence-electron chi connectivity index (χ0n) is 19.2. The summed E-state index contributed by atoms with van der Waals surface area (Å²) in [5, 5.41) is 4.00. The third-order valence-corrected chi connectivity index (χ3v) is 4.95. The summed E-state index contributed by atoms with van der Waals surface area (Å²) in [6.45, 7) is 0.820. The Hall–Kier alpha value is -4.58. The molecule has 0 aliphatic heterocycles. The standard InChI is InChI=1S/C29H26N2O4/c32-29(22-35-27-16-14-26(15-17-27)33-20-23-8-3-1-4-9-23)31-30-19-25-12-7-13-28(18-25)34-21-24-10-5-2-6-11-24/h1-19H,20-22H2,(H,31,32)/b30-19-. The van der Waals surface area contributed by atoms with E-state index in [2.05, 4.69) is 10.5 Å². The highest BCUT2D eigenvalue weighted by atomic mass is 16.5. The number of rotatable bonds is 11. The van der Waals surface area contributed by atoms with E-state index in [1.54, 1.807) is 30.5 Å². The van der Waals surface area contributed by atoms with Gasteiger partial charge in [-0.1, -0.05) is 72.8 Å². The fraction of sp³-hybridized carbons (Fsp3) is 0.103. The van der Waals surface area contributed by atoms with Crippen LogP contribution in [0.2, 0.25) is 0 Å². The van der Waals surface area contributed by atoms with Crippen molar-refractivity contribution in [3.63, 3.8) is 0 Å². The fourth-order valence-corrected chi connectivity index (χ4v) is 3.16. The van der Waals surface area contributed by atoms with E-state index in [9.17, 15) is 4.79 Å².